The number of carbonyl (C=O) groups is 1. The normalized spacial score (nSPS) is 17.4. The molecule has 106 valence electrons. The van der Waals surface area contributed by atoms with E-state index in [2.05, 4.69) is 0 Å². The Balaban J connectivity index is 2.32. The second-order valence-electron chi connectivity index (χ2n) is 4.63. The van der Waals surface area contributed by atoms with Crippen molar-refractivity contribution in [2.24, 2.45) is 0 Å². The van der Waals surface area contributed by atoms with Crippen molar-refractivity contribution in [3.05, 3.63) is 34.7 Å². The van der Waals surface area contributed by atoms with Crippen molar-refractivity contribution in [3.8, 4) is 5.75 Å². The quantitative estimate of drug-likeness (QED) is 0.627. The summed E-state index contributed by atoms with van der Waals surface area (Å²) in [4.78, 5) is 14.5. The summed E-state index contributed by atoms with van der Waals surface area (Å²) in [5, 5.41) is 0. The van der Waals surface area contributed by atoms with E-state index < -0.39 is 0 Å². The summed E-state index contributed by atoms with van der Waals surface area (Å²) in [6, 6.07) is 7.70. The van der Waals surface area contributed by atoms with E-state index in [0.29, 0.717) is 15.8 Å². The zero-order valence-corrected chi connectivity index (χ0v) is 13.4. The molecule has 1 aromatic carbocycles. The number of hydrogen-bond donors (Lipinski definition) is 0. The first kappa shape index (κ1) is 15.1. The van der Waals surface area contributed by atoms with E-state index in [1.54, 1.807) is 4.90 Å². The van der Waals surface area contributed by atoms with Crippen LogP contribution in [0.15, 0.2) is 29.2 Å². The molecule has 1 heterocycles. The van der Waals surface area contributed by atoms with E-state index in [9.17, 15) is 4.79 Å². The standard InChI is InChI=1S/C15H17NO2S2/c1-4-16-14(17)13(20-15(16)19)9-11-7-5-6-8-12(11)18-10(2)3/h5-10H,4H2,1-3H3/b13-9+. The molecule has 1 aliphatic rings. The number of rotatable bonds is 4. The van der Waals surface area contributed by atoms with Gasteiger partial charge in [-0.1, -0.05) is 42.2 Å². The summed E-state index contributed by atoms with van der Waals surface area (Å²) in [7, 11) is 0. The number of thiocarbonyl (C=S) groups is 1. The Morgan fingerprint density at radius 1 is 1.40 bits per heavy atom. The maximum absolute atomic E-state index is 12.2. The molecule has 0 unspecified atom stereocenters. The van der Waals surface area contributed by atoms with Crippen LogP contribution in [0.5, 0.6) is 5.75 Å². The minimum atomic E-state index is -0.0261. The Morgan fingerprint density at radius 3 is 2.70 bits per heavy atom. The predicted molar refractivity (Wildman–Crippen MR) is 87.8 cm³/mol. The molecule has 0 atom stereocenters. The monoisotopic (exact) mass is 307 g/mol. The summed E-state index contributed by atoms with van der Waals surface area (Å²) in [5.74, 6) is 0.756. The van der Waals surface area contributed by atoms with E-state index in [1.807, 2.05) is 51.1 Å². The third-order valence-electron chi connectivity index (χ3n) is 2.76. The summed E-state index contributed by atoms with van der Waals surface area (Å²) in [6.45, 7) is 6.48. The third-order valence-corrected chi connectivity index (χ3v) is 4.14. The highest BCUT2D eigenvalue weighted by Gasteiger charge is 2.30. The van der Waals surface area contributed by atoms with Crippen LogP contribution in [-0.4, -0.2) is 27.8 Å². The summed E-state index contributed by atoms with van der Waals surface area (Å²) in [5.41, 5.74) is 0.901. The highest BCUT2D eigenvalue weighted by molar-refractivity contribution is 8.26. The highest BCUT2D eigenvalue weighted by atomic mass is 32.2. The van der Waals surface area contributed by atoms with Crippen LogP contribution in [0, 0.1) is 0 Å². The Labute approximate surface area is 129 Å². The minimum absolute atomic E-state index is 0.0261. The Hall–Kier alpha value is -1.33. The smallest absolute Gasteiger partial charge is 0.266 e. The third kappa shape index (κ3) is 3.22. The molecular formula is C15H17NO2S2. The molecule has 0 radical (unpaired) electrons. The van der Waals surface area contributed by atoms with Crippen LogP contribution in [0.4, 0.5) is 0 Å². The number of para-hydroxylation sites is 1. The van der Waals surface area contributed by atoms with E-state index in [0.717, 1.165) is 11.3 Å². The second-order valence-corrected chi connectivity index (χ2v) is 6.31. The lowest BCUT2D eigenvalue weighted by Crippen LogP contribution is -2.27. The van der Waals surface area contributed by atoms with Gasteiger partial charge in [0, 0.05) is 12.1 Å². The fourth-order valence-corrected chi connectivity index (χ4v) is 3.25. The van der Waals surface area contributed by atoms with Crippen LogP contribution in [-0.2, 0) is 4.79 Å². The van der Waals surface area contributed by atoms with Crippen molar-refractivity contribution >= 4 is 40.3 Å². The molecule has 3 nitrogen and oxygen atoms in total. The van der Waals surface area contributed by atoms with Gasteiger partial charge >= 0.3 is 0 Å². The molecule has 5 heteroatoms. The summed E-state index contributed by atoms with van der Waals surface area (Å²) in [6.07, 6.45) is 1.95. The van der Waals surface area contributed by atoms with Crippen molar-refractivity contribution in [1.82, 2.24) is 4.90 Å². The van der Waals surface area contributed by atoms with Crippen molar-refractivity contribution in [2.45, 2.75) is 26.9 Å². The van der Waals surface area contributed by atoms with Gasteiger partial charge in [0.1, 0.15) is 10.1 Å². The summed E-state index contributed by atoms with van der Waals surface area (Å²) < 4.78 is 6.38. The van der Waals surface area contributed by atoms with Gasteiger partial charge in [-0.3, -0.25) is 9.69 Å². The van der Waals surface area contributed by atoms with Gasteiger partial charge in [-0.25, -0.2) is 0 Å². The van der Waals surface area contributed by atoms with E-state index >= 15 is 0 Å². The SMILES string of the molecule is CCN1C(=O)/C(=C\c2ccccc2OC(C)C)SC1=S. The highest BCUT2D eigenvalue weighted by Crippen LogP contribution is 2.34. The van der Waals surface area contributed by atoms with Crippen LogP contribution in [0.25, 0.3) is 6.08 Å². The minimum Gasteiger partial charge on any atom is -0.490 e. The van der Waals surface area contributed by atoms with E-state index in [4.69, 9.17) is 17.0 Å². The number of nitrogens with zero attached hydrogens (tertiary/aromatic N) is 1. The molecule has 1 fully saturated rings. The van der Waals surface area contributed by atoms with Gasteiger partial charge in [-0.05, 0) is 32.9 Å². The zero-order valence-electron chi connectivity index (χ0n) is 11.8. The van der Waals surface area contributed by atoms with Gasteiger partial charge in [0.25, 0.3) is 5.91 Å². The first-order valence-corrected chi connectivity index (χ1v) is 7.76. The Kier molecular flexibility index (Phi) is 4.83. The van der Waals surface area contributed by atoms with Crippen molar-refractivity contribution in [3.63, 3.8) is 0 Å². The van der Waals surface area contributed by atoms with Crippen molar-refractivity contribution < 1.29 is 9.53 Å². The number of thioether (sulfide) groups is 1. The maximum atomic E-state index is 12.2. The van der Waals surface area contributed by atoms with Crippen LogP contribution in [0.1, 0.15) is 26.3 Å². The molecule has 1 saturated heterocycles. The number of carbonyl (C=O) groups excluding carboxylic acids is 1. The number of likely N-dealkylation sites (N-methyl/N-ethyl adjacent to an activating group) is 1. The number of ether oxygens (including phenoxy) is 1. The molecule has 0 aromatic heterocycles. The first-order chi connectivity index (χ1) is 9.52. The lowest BCUT2D eigenvalue weighted by molar-refractivity contribution is -0.121. The van der Waals surface area contributed by atoms with Crippen molar-refractivity contribution in [1.29, 1.82) is 0 Å². The molecule has 0 bridgehead atoms. The predicted octanol–water partition coefficient (Wildman–Crippen LogP) is 3.69. The lowest BCUT2D eigenvalue weighted by atomic mass is 10.2. The average molecular weight is 307 g/mol. The van der Waals surface area contributed by atoms with Gasteiger partial charge in [0.2, 0.25) is 0 Å². The molecule has 1 amide bonds. The maximum Gasteiger partial charge on any atom is 0.266 e. The molecular weight excluding hydrogens is 290 g/mol. The van der Waals surface area contributed by atoms with Crippen LogP contribution < -0.4 is 4.74 Å². The number of benzene rings is 1. The molecule has 1 aromatic rings. The molecule has 20 heavy (non-hydrogen) atoms. The zero-order chi connectivity index (χ0) is 14.7. The Morgan fingerprint density at radius 2 is 2.10 bits per heavy atom. The Bertz CT molecular complexity index is 567. The van der Waals surface area contributed by atoms with E-state index in [1.165, 1.54) is 11.8 Å². The van der Waals surface area contributed by atoms with Crippen LogP contribution >= 0.6 is 24.0 Å². The second kappa shape index (κ2) is 6.41. The average Bonchev–Trinajstić information content (AvgIpc) is 2.66. The fraction of sp³-hybridized carbons (Fsp3) is 0.333. The summed E-state index contributed by atoms with van der Waals surface area (Å²) >= 11 is 6.55. The fourth-order valence-electron chi connectivity index (χ4n) is 1.87. The molecule has 0 aliphatic carbocycles. The van der Waals surface area contributed by atoms with Crippen molar-refractivity contribution in [2.75, 3.05) is 6.54 Å². The van der Waals surface area contributed by atoms with Gasteiger partial charge in [-0.15, -0.1) is 0 Å². The molecule has 0 spiro atoms. The van der Waals surface area contributed by atoms with Crippen LogP contribution in [0.2, 0.25) is 0 Å². The molecule has 0 saturated carbocycles. The lowest BCUT2D eigenvalue weighted by Gasteiger charge is -2.12. The molecule has 1 aliphatic heterocycles. The number of hydrogen-bond acceptors (Lipinski definition) is 4. The first-order valence-electron chi connectivity index (χ1n) is 6.54. The van der Waals surface area contributed by atoms with Gasteiger partial charge in [0.15, 0.2) is 0 Å². The molecule has 2 rings (SSSR count). The van der Waals surface area contributed by atoms with E-state index in [-0.39, 0.29) is 12.0 Å². The van der Waals surface area contributed by atoms with Crippen LogP contribution in [0.3, 0.4) is 0 Å². The largest absolute Gasteiger partial charge is 0.490 e. The molecule has 0 N–H and O–H groups in total. The van der Waals surface area contributed by atoms with Gasteiger partial charge < -0.3 is 4.74 Å². The van der Waals surface area contributed by atoms with Gasteiger partial charge in [0.05, 0.1) is 11.0 Å². The topological polar surface area (TPSA) is 29.5 Å². The number of amides is 1. The van der Waals surface area contributed by atoms with Gasteiger partial charge in [-0.2, -0.15) is 0 Å².